The van der Waals surface area contributed by atoms with Gasteiger partial charge in [0.2, 0.25) is 0 Å². The van der Waals surface area contributed by atoms with E-state index in [1.807, 2.05) is 0 Å². The second-order valence-corrected chi connectivity index (χ2v) is 19.3. The van der Waals surface area contributed by atoms with Crippen molar-refractivity contribution >= 4 is 16.5 Å². The van der Waals surface area contributed by atoms with Gasteiger partial charge in [0, 0.05) is 6.54 Å². The molecule has 0 saturated heterocycles. The monoisotopic (exact) mass is 288 g/mol. The van der Waals surface area contributed by atoms with Crippen LogP contribution in [0.2, 0.25) is 36.3 Å². The first-order chi connectivity index (χ1) is 7.69. The average molecular weight is 289 g/mol. The Morgan fingerprint density at radius 3 is 1.22 bits per heavy atom. The minimum Gasteiger partial charge on any atom is -0.344 e. The normalized spacial score (nSPS) is 15.3. The van der Waals surface area contributed by atoms with Crippen molar-refractivity contribution < 1.29 is 0 Å². The predicted octanol–water partition coefficient (Wildman–Crippen LogP) is 4.26. The van der Waals surface area contributed by atoms with Crippen LogP contribution in [0.1, 0.15) is 41.5 Å². The Labute approximate surface area is 118 Å². The molecule has 18 heavy (non-hydrogen) atoms. The molecule has 0 amide bonds. The molecule has 0 fully saturated rings. The molecule has 0 rings (SSSR count). The molecule has 0 unspecified atom stereocenters. The Kier molecular flexibility index (Phi) is 5.49. The molecule has 0 heterocycles. The fourth-order valence-corrected chi connectivity index (χ4v) is 12.8. The Bertz CT molecular complexity index is 246. The molecule has 0 spiro atoms. The second-order valence-electron chi connectivity index (χ2n) is 8.56. The van der Waals surface area contributed by atoms with Gasteiger partial charge < -0.3 is 9.96 Å². The summed E-state index contributed by atoms with van der Waals surface area (Å²) in [5, 5.41) is 0.773. The molecule has 4 heteroatoms. The molecule has 0 aromatic rings. The lowest BCUT2D eigenvalue weighted by molar-refractivity contribution is 0.518. The van der Waals surface area contributed by atoms with E-state index >= 15 is 0 Å². The third kappa shape index (κ3) is 3.47. The van der Waals surface area contributed by atoms with E-state index in [0.717, 1.165) is 13.1 Å². The van der Waals surface area contributed by atoms with Gasteiger partial charge in [-0.15, -0.1) is 0 Å². The maximum absolute atomic E-state index is 5.91. The van der Waals surface area contributed by atoms with E-state index < -0.39 is 16.5 Å². The minimum absolute atomic E-state index is 0.387. The van der Waals surface area contributed by atoms with Crippen LogP contribution >= 0.6 is 0 Å². The summed E-state index contributed by atoms with van der Waals surface area (Å²) in [5.41, 5.74) is 5.91. The van der Waals surface area contributed by atoms with E-state index in [4.69, 9.17) is 5.73 Å². The van der Waals surface area contributed by atoms with Gasteiger partial charge in [-0.1, -0.05) is 67.7 Å². The van der Waals surface area contributed by atoms with Crippen LogP contribution in [0.3, 0.4) is 0 Å². The molecule has 0 aliphatic carbocycles. The van der Waals surface area contributed by atoms with Crippen LogP contribution in [0.25, 0.3) is 0 Å². The summed E-state index contributed by atoms with van der Waals surface area (Å²) in [7, 11) is -2.97. The van der Waals surface area contributed by atoms with Gasteiger partial charge in [0.05, 0.1) is 0 Å². The van der Waals surface area contributed by atoms with Crippen LogP contribution in [-0.4, -0.2) is 33.8 Å². The summed E-state index contributed by atoms with van der Waals surface area (Å²) in [4.78, 5) is 0. The second kappa shape index (κ2) is 5.39. The highest BCUT2D eigenvalue weighted by molar-refractivity contribution is 6.93. The van der Waals surface area contributed by atoms with Crippen molar-refractivity contribution in [2.45, 2.75) is 77.8 Å². The van der Waals surface area contributed by atoms with Gasteiger partial charge in [-0.3, -0.25) is 0 Å². The average Bonchev–Trinajstić information content (AvgIpc) is 2.09. The van der Waals surface area contributed by atoms with Gasteiger partial charge >= 0.3 is 0 Å². The lowest BCUT2D eigenvalue weighted by Crippen LogP contribution is -2.69. The van der Waals surface area contributed by atoms with Gasteiger partial charge in [0.25, 0.3) is 0 Å². The number of rotatable bonds is 4. The molecule has 0 aliphatic rings. The van der Waals surface area contributed by atoms with Crippen molar-refractivity contribution in [2.75, 3.05) is 13.1 Å². The molecule has 2 nitrogen and oxygen atoms in total. The van der Waals surface area contributed by atoms with Crippen molar-refractivity contribution in [2.24, 2.45) is 5.73 Å². The fourth-order valence-electron chi connectivity index (χ4n) is 2.20. The van der Waals surface area contributed by atoms with E-state index in [1.165, 1.54) is 0 Å². The van der Waals surface area contributed by atoms with Crippen molar-refractivity contribution in [3.8, 4) is 0 Å². The highest BCUT2D eigenvalue weighted by Gasteiger charge is 2.51. The largest absolute Gasteiger partial charge is 0.344 e. The molecule has 0 aliphatic heterocycles. The van der Waals surface area contributed by atoms with Gasteiger partial charge in [-0.05, 0) is 16.6 Å². The van der Waals surface area contributed by atoms with Gasteiger partial charge in [-0.2, -0.15) is 0 Å². The summed E-state index contributed by atoms with van der Waals surface area (Å²) < 4.78 is 2.88. The minimum atomic E-state index is -1.49. The van der Waals surface area contributed by atoms with E-state index in [9.17, 15) is 0 Å². The molecule has 0 saturated carbocycles. The van der Waals surface area contributed by atoms with Crippen molar-refractivity contribution in [1.29, 1.82) is 0 Å². The van der Waals surface area contributed by atoms with Gasteiger partial charge in [-0.25, -0.2) is 0 Å². The van der Waals surface area contributed by atoms with Crippen LogP contribution in [0, 0.1) is 0 Å². The van der Waals surface area contributed by atoms with Gasteiger partial charge in [0.15, 0.2) is 0 Å². The molecule has 0 aromatic heterocycles. The van der Waals surface area contributed by atoms with Crippen molar-refractivity contribution in [1.82, 2.24) is 4.23 Å². The first-order valence-corrected chi connectivity index (χ1v) is 13.1. The highest BCUT2D eigenvalue weighted by atomic mass is 28.4. The molecule has 0 bridgehead atoms. The van der Waals surface area contributed by atoms with Crippen molar-refractivity contribution in [3.05, 3.63) is 0 Å². The number of hydrogen-bond donors (Lipinski definition) is 1. The molecule has 0 aromatic carbocycles. The van der Waals surface area contributed by atoms with Crippen LogP contribution < -0.4 is 5.73 Å². The molecule has 0 radical (unpaired) electrons. The van der Waals surface area contributed by atoms with Crippen LogP contribution in [0.5, 0.6) is 0 Å². The van der Waals surface area contributed by atoms with E-state index in [2.05, 4.69) is 72.0 Å². The van der Waals surface area contributed by atoms with Crippen LogP contribution in [0.4, 0.5) is 0 Å². The standard InChI is InChI=1S/C14H36N2Si2/c1-13(2,3)17(7,8)16(12-11-15)18(9,10)14(4,5)6/h11-12,15H2,1-10H3. The van der Waals surface area contributed by atoms with Gasteiger partial charge in [0.1, 0.15) is 16.5 Å². The maximum Gasteiger partial charge on any atom is 0.121 e. The molecule has 0 atom stereocenters. The first kappa shape index (κ1) is 18.4. The smallest absolute Gasteiger partial charge is 0.121 e. The Morgan fingerprint density at radius 2 is 1.06 bits per heavy atom. The summed E-state index contributed by atoms with van der Waals surface area (Å²) in [6, 6.07) is 0. The summed E-state index contributed by atoms with van der Waals surface area (Å²) >= 11 is 0. The zero-order valence-electron chi connectivity index (χ0n) is 14.4. The zero-order chi connectivity index (χ0) is 15.0. The van der Waals surface area contributed by atoms with E-state index in [-0.39, 0.29) is 0 Å². The van der Waals surface area contributed by atoms with Crippen LogP contribution in [-0.2, 0) is 0 Å². The maximum atomic E-state index is 5.91. The molecule has 110 valence electrons. The fraction of sp³-hybridized carbons (Fsp3) is 1.00. The summed E-state index contributed by atoms with van der Waals surface area (Å²) in [6.07, 6.45) is 0. The topological polar surface area (TPSA) is 29.3 Å². The number of hydrogen-bond acceptors (Lipinski definition) is 2. The number of nitrogens with two attached hydrogens (primary N) is 1. The summed E-state index contributed by atoms with van der Waals surface area (Å²) in [6.45, 7) is 26.3. The summed E-state index contributed by atoms with van der Waals surface area (Å²) in [5.74, 6) is 0. The lowest BCUT2D eigenvalue weighted by Gasteiger charge is -2.57. The Morgan fingerprint density at radius 1 is 0.778 bits per heavy atom. The highest BCUT2D eigenvalue weighted by Crippen LogP contribution is 2.46. The zero-order valence-corrected chi connectivity index (χ0v) is 16.4. The number of nitrogens with zero attached hydrogens (tertiary/aromatic N) is 1. The molecular formula is C14H36N2Si2. The third-order valence-corrected chi connectivity index (χ3v) is 19.2. The van der Waals surface area contributed by atoms with E-state index in [1.54, 1.807) is 0 Å². The van der Waals surface area contributed by atoms with Crippen molar-refractivity contribution in [3.63, 3.8) is 0 Å². The molecule has 2 N–H and O–H groups in total. The first-order valence-electron chi connectivity index (χ1n) is 7.17. The quantitative estimate of drug-likeness (QED) is 0.783. The van der Waals surface area contributed by atoms with Crippen LogP contribution in [0.15, 0.2) is 0 Å². The SMILES string of the molecule is CC(C)(C)[Si](C)(C)N(CCN)[Si](C)(C)C(C)(C)C. The Balaban J connectivity index is 5.60. The lowest BCUT2D eigenvalue weighted by atomic mass is 10.2. The third-order valence-electron chi connectivity index (χ3n) is 5.37. The van der Waals surface area contributed by atoms with E-state index in [0.29, 0.717) is 10.1 Å². The molecular weight excluding hydrogens is 252 g/mol. The Hall–Kier alpha value is 0.354. The predicted molar refractivity (Wildman–Crippen MR) is 90.2 cm³/mol.